The number of hydrogen-bond acceptors (Lipinski definition) is 3. The lowest BCUT2D eigenvalue weighted by atomic mass is 9.92. The van der Waals surface area contributed by atoms with Gasteiger partial charge in [0.15, 0.2) is 6.23 Å². The van der Waals surface area contributed by atoms with Gasteiger partial charge in [-0.2, -0.15) is 0 Å². The van der Waals surface area contributed by atoms with Gasteiger partial charge in [-0.05, 0) is 31.2 Å². The largest absolute Gasteiger partial charge is 0.446 e. The summed E-state index contributed by atoms with van der Waals surface area (Å²) in [5.74, 6) is 0.337. The molecule has 3 nitrogen and oxygen atoms in total. The van der Waals surface area contributed by atoms with E-state index in [9.17, 15) is 4.79 Å². The fourth-order valence-corrected chi connectivity index (χ4v) is 2.33. The number of rotatable bonds is 5. The molecule has 0 radical (unpaired) electrons. The van der Waals surface area contributed by atoms with Crippen LogP contribution in [0.1, 0.15) is 59.8 Å². The van der Waals surface area contributed by atoms with Gasteiger partial charge in [0.25, 0.3) is 0 Å². The first-order chi connectivity index (χ1) is 7.88. The zero-order valence-corrected chi connectivity index (χ0v) is 11.7. The van der Waals surface area contributed by atoms with Crippen molar-refractivity contribution in [1.82, 2.24) is 5.32 Å². The van der Waals surface area contributed by atoms with E-state index >= 15 is 0 Å². The van der Waals surface area contributed by atoms with Gasteiger partial charge in [0.05, 0.1) is 0 Å². The lowest BCUT2D eigenvalue weighted by Crippen LogP contribution is -2.40. The topological polar surface area (TPSA) is 38.3 Å². The van der Waals surface area contributed by atoms with Crippen LogP contribution in [0, 0.1) is 11.3 Å². The third-order valence-electron chi connectivity index (χ3n) is 3.34. The Balaban J connectivity index is 2.37. The molecule has 0 aromatic heterocycles. The van der Waals surface area contributed by atoms with Crippen LogP contribution in [0.15, 0.2) is 0 Å². The predicted molar refractivity (Wildman–Crippen MR) is 69.6 cm³/mol. The zero-order valence-electron chi connectivity index (χ0n) is 11.7. The van der Waals surface area contributed by atoms with Crippen molar-refractivity contribution in [3.05, 3.63) is 0 Å². The highest BCUT2D eigenvalue weighted by Crippen LogP contribution is 2.28. The Labute approximate surface area is 105 Å². The average molecular weight is 241 g/mol. The van der Waals surface area contributed by atoms with Gasteiger partial charge in [0.1, 0.15) is 0 Å². The second kappa shape index (κ2) is 6.39. The molecule has 0 spiro atoms. The second-order valence-corrected chi connectivity index (χ2v) is 6.34. The van der Waals surface area contributed by atoms with Gasteiger partial charge in [0, 0.05) is 12.8 Å². The Kier molecular flexibility index (Phi) is 5.44. The monoisotopic (exact) mass is 241 g/mol. The smallest absolute Gasteiger partial charge is 0.304 e. The second-order valence-electron chi connectivity index (χ2n) is 6.34. The van der Waals surface area contributed by atoms with Crippen molar-refractivity contribution < 1.29 is 9.53 Å². The summed E-state index contributed by atoms with van der Waals surface area (Å²) in [5, 5.41) is 3.41. The Morgan fingerprint density at radius 1 is 1.35 bits per heavy atom. The maximum Gasteiger partial charge on any atom is 0.304 e. The minimum Gasteiger partial charge on any atom is -0.446 e. The van der Waals surface area contributed by atoms with Crippen molar-refractivity contribution in [2.24, 2.45) is 11.3 Å². The molecule has 0 amide bonds. The van der Waals surface area contributed by atoms with E-state index in [4.69, 9.17) is 4.74 Å². The maximum absolute atomic E-state index is 11.1. The van der Waals surface area contributed by atoms with E-state index in [1.165, 1.54) is 32.6 Å². The van der Waals surface area contributed by atoms with Crippen molar-refractivity contribution >= 4 is 5.97 Å². The first-order valence-corrected chi connectivity index (χ1v) is 6.79. The van der Waals surface area contributed by atoms with Crippen LogP contribution >= 0.6 is 0 Å². The molecule has 0 saturated heterocycles. The molecule has 0 aliphatic heterocycles. The van der Waals surface area contributed by atoms with E-state index in [1.807, 2.05) is 0 Å². The molecule has 1 saturated carbocycles. The lowest BCUT2D eigenvalue weighted by molar-refractivity contribution is -0.151. The Morgan fingerprint density at radius 3 is 2.41 bits per heavy atom. The number of esters is 1. The highest BCUT2D eigenvalue weighted by Gasteiger charge is 2.27. The third kappa shape index (κ3) is 6.06. The summed E-state index contributed by atoms with van der Waals surface area (Å²) in [6, 6.07) is 0. The van der Waals surface area contributed by atoms with Gasteiger partial charge < -0.3 is 4.74 Å². The molecule has 1 rings (SSSR count). The van der Waals surface area contributed by atoms with Crippen LogP contribution in [-0.2, 0) is 9.53 Å². The van der Waals surface area contributed by atoms with Gasteiger partial charge in [-0.15, -0.1) is 0 Å². The van der Waals surface area contributed by atoms with Crippen molar-refractivity contribution in [2.45, 2.75) is 66.0 Å². The average Bonchev–Trinajstić information content (AvgIpc) is 2.66. The van der Waals surface area contributed by atoms with Crippen molar-refractivity contribution in [3.63, 3.8) is 0 Å². The summed E-state index contributed by atoms with van der Waals surface area (Å²) >= 11 is 0. The van der Waals surface area contributed by atoms with Crippen molar-refractivity contribution in [3.8, 4) is 0 Å². The summed E-state index contributed by atoms with van der Waals surface area (Å²) < 4.78 is 5.40. The van der Waals surface area contributed by atoms with Crippen LogP contribution in [0.5, 0.6) is 0 Å². The fourth-order valence-electron chi connectivity index (χ4n) is 2.33. The van der Waals surface area contributed by atoms with Gasteiger partial charge in [-0.3, -0.25) is 10.1 Å². The first-order valence-electron chi connectivity index (χ1n) is 6.79. The quantitative estimate of drug-likeness (QED) is 0.594. The standard InChI is InChI=1S/C14H27NO2/c1-11(16)17-13(12-7-5-6-8-12)15-10-9-14(2,3)4/h12-13,15H,5-10H2,1-4H3. The van der Waals surface area contributed by atoms with Crippen LogP contribution < -0.4 is 5.32 Å². The van der Waals surface area contributed by atoms with E-state index in [2.05, 4.69) is 26.1 Å². The predicted octanol–water partition coefficient (Wildman–Crippen LogP) is 3.09. The van der Waals surface area contributed by atoms with Gasteiger partial charge in [-0.1, -0.05) is 33.6 Å². The SMILES string of the molecule is CC(=O)OC(NCCC(C)(C)C)C1CCCC1. The molecule has 0 bridgehead atoms. The highest BCUT2D eigenvalue weighted by molar-refractivity contribution is 5.66. The molecule has 1 fully saturated rings. The minimum atomic E-state index is -0.176. The van der Waals surface area contributed by atoms with Crippen LogP contribution in [-0.4, -0.2) is 18.7 Å². The van der Waals surface area contributed by atoms with Crippen molar-refractivity contribution in [2.75, 3.05) is 6.54 Å². The number of hydrogen-bond donors (Lipinski definition) is 1. The third-order valence-corrected chi connectivity index (χ3v) is 3.34. The summed E-state index contributed by atoms with van der Waals surface area (Å²) in [6.45, 7) is 9.09. The fraction of sp³-hybridized carbons (Fsp3) is 0.929. The number of nitrogens with one attached hydrogen (secondary N) is 1. The summed E-state index contributed by atoms with van der Waals surface area (Å²) in [7, 11) is 0. The molecule has 3 heteroatoms. The molecular formula is C14H27NO2. The molecule has 1 N–H and O–H groups in total. The summed E-state index contributed by atoms with van der Waals surface area (Å²) in [4.78, 5) is 11.1. The van der Waals surface area contributed by atoms with Gasteiger partial charge >= 0.3 is 5.97 Å². The number of carbonyl (C=O) groups excluding carboxylic acids is 1. The van der Waals surface area contributed by atoms with E-state index in [1.54, 1.807) is 0 Å². The van der Waals surface area contributed by atoms with E-state index < -0.39 is 0 Å². The van der Waals surface area contributed by atoms with E-state index in [-0.39, 0.29) is 12.2 Å². The maximum atomic E-state index is 11.1. The van der Waals surface area contributed by atoms with E-state index in [0.717, 1.165) is 13.0 Å². The molecule has 0 aromatic carbocycles. The molecule has 1 aliphatic rings. The Morgan fingerprint density at radius 2 is 1.94 bits per heavy atom. The van der Waals surface area contributed by atoms with Gasteiger partial charge in [-0.25, -0.2) is 0 Å². The number of ether oxygens (including phenoxy) is 1. The Bertz CT molecular complexity index is 239. The molecular weight excluding hydrogens is 214 g/mol. The van der Waals surface area contributed by atoms with Crippen LogP contribution in [0.25, 0.3) is 0 Å². The van der Waals surface area contributed by atoms with Crippen molar-refractivity contribution in [1.29, 1.82) is 0 Å². The molecule has 0 heterocycles. The Hall–Kier alpha value is -0.570. The van der Waals surface area contributed by atoms with E-state index in [0.29, 0.717) is 11.3 Å². The molecule has 1 unspecified atom stereocenters. The molecule has 1 aliphatic carbocycles. The normalized spacial score (nSPS) is 19.3. The van der Waals surface area contributed by atoms with Crippen LogP contribution in [0.3, 0.4) is 0 Å². The van der Waals surface area contributed by atoms with Crippen LogP contribution in [0.4, 0.5) is 0 Å². The minimum absolute atomic E-state index is 0.0719. The first kappa shape index (κ1) is 14.5. The van der Waals surface area contributed by atoms with Gasteiger partial charge in [0.2, 0.25) is 0 Å². The number of carbonyl (C=O) groups is 1. The summed E-state index contributed by atoms with van der Waals surface area (Å²) in [6.07, 6.45) is 5.92. The molecule has 1 atom stereocenters. The lowest BCUT2D eigenvalue weighted by Gasteiger charge is -2.26. The summed E-state index contributed by atoms with van der Waals surface area (Å²) in [5.41, 5.74) is 0.323. The molecule has 17 heavy (non-hydrogen) atoms. The highest BCUT2D eigenvalue weighted by atomic mass is 16.6. The van der Waals surface area contributed by atoms with Crippen LogP contribution in [0.2, 0.25) is 0 Å². The molecule has 100 valence electrons. The zero-order chi connectivity index (χ0) is 12.9. The molecule has 0 aromatic rings.